The molecule has 1 aromatic heterocycles. The van der Waals surface area contributed by atoms with E-state index in [1.807, 2.05) is 38.1 Å². The number of hydrogen-bond acceptors (Lipinski definition) is 4. The minimum absolute atomic E-state index is 0.185. The lowest BCUT2D eigenvalue weighted by atomic mass is 10.1. The Hall–Kier alpha value is -1.62. The Bertz CT molecular complexity index is 540. The SMILES string of the molecule is Cc1cnccc1CCNC1CCCN(C(=O)OC(C)(C)C)CC1. The van der Waals surface area contributed by atoms with E-state index in [1.165, 1.54) is 11.1 Å². The molecule has 0 saturated carbocycles. The van der Waals surface area contributed by atoms with Gasteiger partial charge in [0, 0.05) is 31.5 Å². The first-order valence-electron chi connectivity index (χ1n) is 8.96. The Labute approximate surface area is 145 Å². The summed E-state index contributed by atoms with van der Waals surface area (Å²) >= 11 is 0. The number of pyridine rings is 1. The number of carbonyl (C=O) groups excluding carboxylic acids is 1. The highest BCUT2D eigenvalue weighted by Crippen LogP contribution is 2.15. The summed E-state index contributed by atoms with van der Waals surface area (Å²) in [6, 6.07) is 2.56. The summed E-state index contributed by atoms with van der Waals surface area (Å²) in [5, 5.41) is 3.65. The maximum absolute atomic E-state index is 12.2. The Balaban J connectivity index is 1.75. The van der Waals surface area contributed by atoms with Crippen LogP contribution in [-0.2, 0) is 11.2 Å². The van der Waals surface area contributed by atoms with Crippen LogP contribution in [0.2, 0.25) is 0 Å². The number of nitrogens with zero attached hydrogens (tertiary/aromatic N) is 2. The van der Waals surface area contributed by atoms with Gasteiger partial charge in [0.15, 0.2) is 0 Å². The number of hydrogen-bond donors (Lipinski definition) is 1. The zero-order chi connectivity index (χ0) is 17.6. The fraction of sp³-hybridized carbons (Fsp3) is 0.684. The second-order valence-corrected chi connectivity index (χ2v) is 7.60. The molecule has 5 nitrogen and oxygen atoms in total. The highest BCUT2D eigenvalue weighted by atomic mass is 16.6. The summed E-state index contributed by atoms with van der Waals surface area (Å²) in [4.78, 5) is 18.2. The van der Waals surface area contributed by atoms with Crippen molar-refractivity contribution in [1.29, 1.82) is 0 Å². The topological polar surface area (TPSA) is 54.5 Å². The van der Waals surface area contributed by atoms with E-state index in [1.54, 1.807) is 0 Å². The summed E-state index contributed by atoms with van der Waals surface area (Å²) in [5.74, 6) is 0. The number of rotatable bonds is 4. The van der Waals surface area contributed by atoms with Gasteiger partial charge < -0.3 is 15.0 Å². The predicted molar refractivity (Wildman–Crippen MR) is 96.1 cm³/mol. The zero-order valence-corrected chi connectivity index (χ0v) is 15.5. The van der Waals surface area contributed by atoms with Crippen molar-refractivity contribution in [2.24, 2.45) is 0 Å². The minimum atomic E-state index is -0.427. The molecule has 1 aliphatic heterocycles. The molecule has 2 rings (SSSR count). The molecule has 0 radical (unpaired) electrons. The van der Waals surface area contributed by atoms with Gasteiger partial charge in [0.05, 0.1) is 0 Å². The first-order valence-corrected chi connectivity index (χ1v) is 8.96. The van der Waals surface area contributed by atoms with Crippen LogP contribution in [0.15, 0.2) is 18.5 Å². The molecule has 1 aromatic rings. The lowest BCUT2D eigenvalue weighted by molar-refractivity contribution is 0.0256. The van der Waals surface area contributed by atoms with Gasteiger partial charge in [0.2, 0.25) is 0 Å². The van der Waals surface area contributed by atoms with Crippen molar-refractivity contribution in [3.05, 3.63) is 29.6 Å². The third kappa shape index (κ3) is 6.11. The van der Waals surface area contributed by atoms with Crippen LogP contribution in [0.1, 0.15) is 51.2 Å². The number of amides is 1. The minimum Gasteiger partial charge on any atom is -0.444 e. The van der Waals surface area contributed by atoms with Gasteiger partial charge in [0.25, 0.3) is 0 Å². The summed E-state index contributed by atoms with van der Waals surface area (Å²) in [6.45, 7) is 10.3. The van der Waals surface area contributed by atoms with Crippen molar-refractivity contribution in [2.75, 3.05) is 19.6 Å². The van der Waals surface area contributed by atoms with Crippen LogP contribution in [0.4, 0.5) is 4.79 Å². The molecule has 1 atom stereocenters. The third-order valence-electron chi connectivity index (χ3n) is 4.34. The van der Waals surface area contributed by atoms with E-state index in [9.17, 15) is 4.79 Å². The fourth-order valence-corrected chi connectivity index (χ4v) is 3.00. The Morgan fingerprint density at radius 1 is 1.38 bits per heavy atom. The van der Waals surface area contributed by atoms with E-state index < -0.39 is 5.60 Å². The molecule has 0 spiro atoms. The molecule has 1 saturated heterocycles. The number of nitrogens with one attached hydrogen (secondary N) is 1. The van der Waals surface area contributed by atoms with Crippen LogP contribution in [-0.4, -0.2) is 47.3 Å². The molecule has 1 aliphatic rings. The van der Waals surface area contributed by atoms with Crippen LogP contribution in [0.3, 0.4) is 0 Å². The quantitative estimate of drug-likeness (QED) is 0.918. The van der Waals surface area contributed by atoms with Crippen LogP contribution >= 0.6 is 0 Å². The van der Waals surface area contributed by atoms with Gasteiger partial charge in [-0.1, -0.05) is 0 Å². The van der Waals surface area contributed by atoms with Crippen molar-refractivity contribution in [3.8, 4) is 0 Å². The molecule has 0 aliphatic carbocycles. The smallest absolute Gasteiger partial charge is 0.410 e. The maximum atomic E-state index is 12.2. The van der Waals surface area contributed by atoms with E-state index >= 15 is 0 Å². The number of carbonyl (C=O) groups is 1. The molecular weight excluding hydrogens is 302 g/mol. The number of ether oxygens (including phenoxy) is 1. The first-order chi connectivity index (χ1) is 11.3. The van der Waals surface area contributed by atoms with Gasteiger partial charge in [0.1, 0.15) is 5.60 Å². The highest BCUT2D eigenvalue weighted by Gasteiger charge is 2.24. The zero-order valence-electron chi connectivity index (χ0n) is 15.5. The molecule has 134 valence electrons. The second-order valence-electron chi connectivity index (χ2n) is 7.60. The van der Waals surface area contributed by atoms with Crippen molar-refractivity contribution < 1.29 is 9.53 Å². The summed E-state index contributed by atoms with van der Waals surface area (Å²) < 4.78 is 5.48. The van der Waals surface area contributed by atoms with Gasteiger partial charge in [-0.2, -0.15) is 0 Å². The van der Waals surface area contributed by atoms with E-state index in [-0.39, 0.29) is 6.09 Å². The molecule has 0 bridgehead atoms. The lowest BCUT2D eigenvalue weighted by Gasteiger charge is -2.26. The molecule has 1 fully saturated rings. The number of likely N-dealkylation sites (tertiary alicyclic amines) is 1. The van der Waals surface area contributed by atoms with E-state index in [0.717, 1.165) is 45.3 Å². The maximum Gasteiger partial charge on any atom is 0.410 e. The number of aromatic nitrogens is 1. The van der Waals surface area contributed by atoms with Crippen molar-refractivity contribution >= 4 is 6.09 Å². The van der Waals surface area contributed by atoms with E-state index in [2.05, 4.69) is 23.3 Å². The Kier molecular flexibility index (Phi) is 6.60. The van der Waals surface area contributed by atoms with Crippen molar-refractivity contribution in [2.45, 2.75) is 65.0 Å². The van der Waals surface area contributed by atoms with Crippen LogP contribution in [0.25, 0.3) is 0 Å². The van der Waals surface area contributed by atoms with E-state index in [4.69, 9.17) is 4.74 Å². The molecule has 24 heavy (non-hydrogen) atoms. The predicted octanol–water partition coefficient (Wildman–Crippen LogP) is 3.31. The second kappa shape index (κ2) is 8.47. The highest BCUT2D eigenvalue weighted by molar-refractivity contribution is 5.68. The van der Waals surface area contributed by atoms with Gasteiger partial charge in [-0.3, -0.25) is 4.98 Å². The third-order valence-corrected chi connectivity index (χ3v) is 4.34. The van der Waals surface area contributed by atoms with Crippen LogP contribution in [0, 0.1) is 6.92 Å². The summed E-state index contributed by atoms with van der Waals surface area (Å²) in [5.41, 5.74) is 2.17. The van der Waals surface area contributed by atoms with Gasteiger partial charge >= 0.3 is 6.09 Å². The fourth-order valence-electron chi connectivity index (χ4n) is 3.00. The van der Waals surface area contributed by atoms with Gasteiger partial charge in [-0.25, -0.2) is 4.79 Å². The monoisotopic (exact) mass is 333 g/mol. The molecule has 1 unspecified atom stereocenters. The Morgan fingerprint density at radius 3 is 2.88 bits per heavy atom. The molecule has 1 N–H and O–H groups in total. The first kappa shape index (κ1) is 18.7. The molecular formula is C19H31N3O2. The van der Waals surface area contributed by atoms with Gasteiger partial charge in [-0.05, 0) is 77.1 Å². The van der Waals surface area contributed by atoms with E-state index in [0.29, 0.717) is 6.04 Å². The van der Waals surface area contributed by atoms with Crippen LogP contribution in [0.5, 0.6) is 0 Å². The number of aryl methyl sites for hydroxylation is 1. The molecule has 2 heterocycles. The normalized spacial score (nSPS) is 19.0. The standard InChI is InChI=1S/C19H31N3O2/c1-15-14-20-10-7-16(15)8-11-21-17-6-5-12-22(13-9-17)18(23)24-19(2,3)4/h7,10,14,17,21H,5-6,8-9,11-13H2,1-4H3. The molecule has 0 aromatic carbocycles. The molecule has 5 heteroatoms. The summed E-state index contributed by atoms with van der Waals surface area (Å²) in [6.07, 6.45) is 7.71. The summed E-state index contributed by atoms with van der Waals surface area (Å²) in [7, 11) is 0. The average Bonchev–Trinajstić information content (AvgIpc) is 2.73. The molecule has 1 amide bonds. The Morgan fingerprint density at radius 2 is 2.17 bits per heavy atom. The average molecular weight is 333 g/mol. The van der Waals surface area contributed by atoms with Crippen molar-refractivity contribution in [1.82, 2.24) is 15.2 Å². The lowest BCUT2D eigenvalue weighted by Crippen LogP contribution is -2.38. The van der Waals surface area contributed by atoms with Crippen LogP contribution < -0.4 is 5.32 Å². The van der Waals surface area contributed by atoms with Crippen molar-refractivity contribution in [3.63, 3.8) is 0 Å². The van der Waals surface area contributed by atoms with Gasteiger partial charge in [-0.15, -0.1) is 0 Å². The largest absolute Gasteiger partial charge is 0.444 e.